The Kier molecular flexibility index (Phi) is 2.61. The second kappa shape index (κ2) is 3.58. The van der Waals surface area contributed by atoms with Gasteiger partial charge in [-0.1, -0.05) is 0 Å². The highest BCUT2D eigenvalue weighted by atomic mass is 16.5. The van der Waals surface area contributed by atoms with Crippen molar-refractivity contribution in [3.05, 3.63) is 0 Å². The van der Waals surface area contributed by atoms with Crippen LogP contribution in [0.4, 0.5) is 0 Å². The number of hydrogen-bond donors (Lipinski definition) is 0. The predicted octanol–water partition coefficient (Wildman–Crippen LogP) is 1.90. The van der Waals surface area contributed by atoms with Crippen LogP contribution in [-0.2, 0) is 4.74 Å². The van der Waals surface area contributed by atoms with Crippen LogP contribution in [0.2, 0.25) is 0 Å². The Balaban J connectivity index is 1.83. The SMILES string of the molecule is COCC1(CN2CCC[C@@H]2C)CC1. The Morgan fingerprint density at radius 2 is 2.23 bits per heavy atom. The Hall–Kier alpha value is -0.0800. The molecule has 1 aliphatic heterocycles. The van der Waals surface area contributed by atoms with E-state index in [1.807, 2.05) is 7.11 Å². The minimum absolute atomic E-state index is 0.549. The molecule has 0 aromatic rings. The van der Waals surface area contributed by atoms with Gasteiger partial charge in [-0.25, -0.2) is 0 Å². The van der Waals surface area contributed by atoms with E-state index in [-0.39, 0.29) is 0 Å². The van der Waals surface area contributed by atoms with Crippen molar-refractivity contribution in [2.75, 3.05) is 26.8 Å². The van der Waals surface area contributed by atoms with Crippen LogP contribution >= 0.6 is 0 Å². The summed E-state index contributed by atoms with van der Waals surface area (Å²) in [5.74, 6) is 0. The molecule has 0 amide bonds. The monoisotopic (exact) mass is 183 g/mol. The molecule has 2 fully saturated rings. The molecule has 2 rings (SSSR count). The molecule has 2 heteroatoms. The minimum Gasteiger partial charge on any atom is -0.384 e. The smallest absolute Gasteiger partial charge is 0.0530 e. The van der Waals surface area contributed by atoms with E-state index in [1.54, 1.807) is 0 Å². The fourth-order valence-electron chi connectivity index (χ4n) is 2.49. The van der Waals surface area contributed by atoms with E-state index in [2.05, 4.69) is 11.8 Å². The standard InChI is InChI=1S/C11H21NO/c1-10-4-3-7-12(10)8-11(5-6-11)9-13-2/h10H,3-9H2,1-2H3/t10-/m0/s1. The first kappa shape index (κ1) is 9.47. The predicted molar refractivity (Wildman–Crippen MR) is 53.8 cm³/mol. The van der Waals surface area contributed by atoms with Crippen molar-refractivity contribution in [3.63, 3.8) is 0 Å². The Morgan fingerprint density at radius 1 is 1.46 bits per heavy atom. The summed E-state index contributed by atoms with van der Waals surface area (Å²) in [6.45, 7) is 5.92. The highest BCUT2D eigenvalue weighted by molar-refractivity contribution is 4.97. The van der Waals surface area contributed by atoms with Crippen LogP contribution in [0.15, 0.2) is 0 Å². The molecule has 13 heavy (non-hydrogen) atoms. The minimum atomic E-state index is 0.549. The van der Waals surface area contributed by atoms with Crippen LogP contribution in [0.25, 0.3) is 0 Å². The molecule has 2 aliphatic rings. The molecule has 1 heterocycles. The zero-order valence-corrected chi connectivity index (χ0v) is 8.88. The molecule has 0 aromatic carbocycles. The van der Waals surface area contributed by atoms with Gasteiger partial charge in [-0.05, 0) is 39.2 Å². The molecule has 0 N–H and O–H groups in total. The molecule has 1 atom stereocenters. The lowest BCUT2D eigenvalue weighted by molar-refractivity contribution is 0.106. The van der Waals surface area contributed by atoms with Crippen LogP contribution in [-0.4, -0.2) is 37.7 Å². The molecule has 2 nitrogen and oxygen atoms in total. The van der Waals surface area contributed by atoms with Gasteiger partial charge in [0.25, 0.3) is 0 Å². The van der Waals surface area contributed by atoms with Gasteiger partial charge in [-0.2, -0.15) is 0 Å². The third-order valence-corrected chi connectivity index (χ3v) is 3.64. The lowest BCUT2D eigenvalue weighted by Crippen LogP contribution is -2.34. The highest BCUT2D eigenvalue weighted by Gasteiger charge is 2.44. The van der Waals surface area contributed by atoms with Gasteiger partial charge < -0.3 is 9.64 Å². The summed E-state index contributed by atoms with van der Waals surface area (Å²) in [4.78, 5) is 2.64. The van der Waals surface area contributed by atoms with Crippen LogP contribution in [0.1, 0.15) is 32.6 Å². The summed E-state index contributed by atoms with van der Waals surface area (Å²) in [7, 11) is 1.83. The Labute approximate surface area is 81.3 Å². The van der Waals surface area contributed by atoms with Crippen molar-refractivity contribution in [2.24, 2.45) is 5.41 Å². The van der Waals surface area contributed by atoms with Crippen molar-refractivity contribution < 1.29 is 4.74 Å². The maximum atomic E-state index is 5.29. The number of ether oxygens (including phenoxy) is 1. The Bertz CT molecular complexity index is 177. The summed E-state index contributed by atoms with van der Waals surface area (Å²) < 4.78 is 5.29. The molecule has 76 valence electrons. The van der Waals surface area contributed by atoms with Crippen molar-refractivity contribution >= 4 is 0 Å². The van der Waals surface area contributed by atoms with Crippen LogP contribution < -0.4 is 0 Å². The number of rotatable bonds is 4. The summed E-state index contributed by atoms with van der Waals surface area (Å²) in [6.07, 6.45) is 5.54. The van der Waals surface area contributed by atoms with Gasteiger partial charge in [-0.15, -0.1) is 0 Å². The van der Waals surface area contributed by atoms with E-state index in [0.29, 0.717) is 5.41 Å². The second-order valence-electron chi connectivity index (χ2n) is 4.89. The summed E-state index contributed by atoms with van der Waals surface area (Å²) >= 11 is 0. The molecule has 1 saturated heterocycles. The molecular formula is C11H21NO. The first-order valence-electron chi connectivity index (χ1n) is 5.49. The fourth-order valence-corrected chi connectivity index (χ4v) is 2.49. The van der Waals surface area contributed by atoms with Gasteiger partial charge in [0.2, 0.25) is 0 Å². The van der Waals surface area contributed by atoms with Crippen LogP contribution in [0, 0.1) is 5.41 Å². The second-order valence-corrected chi connectivity index (χ2v) is 4.89. The third kappa shape index (κ3) is 2.05. The van der Waals surface area contributed by atoms with Crippen molar-refractivity contribution in [1.29, 1.82) is 0 Å². The van der Waals surface area contributed by atoms with Gasteiger partial charge in [0.1, 0.15) is 0 Å². The molecule has 1 saturated carbocycles. The number of likely N-dealkylation sites (tertiary alicyclic amines) is 1. The zero-order chi connectivity index (χ0) is 9.31. The normalized spacial score (nSPS) is 32.3. The van der Waals surface area contributed by atoms with Crippen molar-refractivity contribution in [2.45, 2.75) is 38.6 Å². The van der Waals surface area contributed by atoms with Crippen LogP contribution in [0.3, 0.4) is 0 Å². The van der Waals surface area contributed by atoms with Gasteiger partial charge >= 0.3 is 0 Å². The molecule has 0 unspecified atom stereocenters. The first-order valence-corrected chi connectivity index (χ1v) is 5.49. The number of nitrogens with zero attached hydrogens (tertiary/aromatic N) is 1. The average Bonchev–Trinajstić information content (AvgIpc) is 2.73. The quantitative estimate of drug-likeness (QED) is 0.660. The zero-order valence-electron chi connectivity index (χ0n) is 8.88. The fraction of sp³-hybridized carbons (Fsp3) is 1.00. The van der Waals surface area contributed by atoms with E-state index in [1.165, 1.54) is 38.8 Å². The van der Waals surface area contributed by atoms with Gasteiger partial charge in [0.15, 0.2) is 0 Å². The first-order chi connectivity index (χ1) is 6.26. The number of hydrogen-bond acceptors (Lipinski definition) is 2. The van der Waals surface area contributed by atoms with E-state index in [0.717, 1.165) is 12.6 Å². The average molecular weight is 183 g/mol. The molecular weight excluding hydrogens is 162 g/mol. The van der Waals surface area contributed by atoms with Gasteiger partial charge in [0, 0.05) is 25.1 Å². The highest BCUT2D eigenvalue weighted by Crippen LogP contribution is 2.47. The van der Waals surface area contributed by atoms with Crippen LogP contribution in [0.5, 0.6) is 0 Å². The number of methoxy groups -OCH3 is 1. The van der Waals surface area contributed by atoms with E-state index in [4.69, 9.17) is 4.74 Å². The van der Waals surface area contributed by atoms with Gasteiger partial charge in [0.05, 0.1) is 6.61 Å². The largest absolute Gasteiger partial charge is 0.384 e. The lowest BCUT2D eigenvalue weighted by Gasteiger charge is -2.26. The lowest BCUT2D eigenvalue weighted by atomic mass is 10.1. The van der Waals surface area contributed by atoms with Crippen molar-refractivity contribution in [1.82, 2.24) is 4.90 Å². The van der Waals surface area contributed by atoms with Gasteiger partial charge in [-0.3, -0.25) is 0 Å². The van der Waals surface area contributed by atoms with E-state index >= 15 is 0 Å². The van der Waals surface area contributed by atoms with Crippen molar-refractivity contribution in [3.8, 4) is 0 Å². The molecule has 0 spiro atoms. The molecule has 0 bridgehead atoms. The molecule has 0 radical (unpaired) electrons. The summed E-state index contributed by atoms with van der Waals surface area (Å²) in [5, 5.41) is 0. The molecule has 0 aromatic heterocycles. The maximum absolute atomic E-state index is 5.29. The topological polar surface area (TPSA) is 12.5 Å². The summed E-state index contributed by atoms with van der Waals surface area (Å²) in [6, 6.07) is 0.814. The summed E-state index contributed by atoms with van der Waals surface area (Å²) in [5.41, 5.74) is 0.549. The molecule has 1 aliphatic carbocycles. The Morgan fingerprint density at radius 3 is 2.69 bits per heavy atom. The van der Waals surface area contributed by atoms with E-state index in [9.17, 15) is 0 Å². The van der Waals surface area contributed by atoms with E-state index < -0.39 is 0 Å². The maximum Gasteiger partial charge on any atom is 0.0530 e. The third-order valence-electron chi connectivity index (χ3n) is 3.64.